The van der Waals surface area contributed by atoms with Crippen LogP contribution in [0.4, 0.5) is 0 Å². The number of hydrogen-bond donors (Lipinski definition) is 1. The summed E-state index contributed by atoms with van der Waals surface area (Å²) in [6, 6.07) is 12.8. The van der Waals surface area contributed by atoms with Gasteiger partial charge in [-0.2, -0.15) is 4.31 Å². The Morgan fingerprint density at radius 2 is 1.63 bits per heavy atom. The van der Waals surface area contributed by atoms with E-state index < -0.39 is 28.5 Å². The molecule has 30 heavy (non-hydrogen) atoms. The third-order valence-corrected chi connectivity index (χ3v) is 6.69. The van der Waals surface area contributed by atoms with Crippen molar-refractivity contribution >= 4 is 21.9 Å². The maximum Gasteiger partial charge on any atom is 0.338 e. The molecule has 0 atom stereocenters. The van der Waals surface area contributed by atoms with Crippen LogP contribution in [0.3, 0.4) is 0 Å². The second-order valence-corrected chi connectivity index (χ2v) is 8.77. The van der Waals surface area contributed by atoms with Gasteiger partial charge in [0.2, 0.25) is 10.0 Å². The van der Waals surface area contributed by atoms with Gasteiger partial charge in [0.25, 0.3) is 5.91 Å². The maximum absolute atomic E-state index is 12.5. The number of amides is 1. The molecule has 1 aliphatic rings. The van der Waals surface area contributed by atoms with E-state index in [4.69, 9.17) is 9.47 Å². The van der Waals surface area contributed by atoms with Crippen molar-refractivity contribution in [3.05, 3.63) is 59.7 Å². The zero-order chi connectivity index (χ0) is 21.6. The van der Waals surface area contributed by atoms with Crippen LogP contribution in [0, 0.1) is 0 Å². The molecule has 1 amide bonds. The lowest BCUT2D eigenvalue weighted by atomic mass is 10.2. The van der Waals surface area contributed by atoms with Crippen LogP contribution in [0.2, 0.25) is 0 Å². The number of ether oxygens (including phenoxy) is 2. The predicted molar refractivity (Wildman–Crippen MR) is 110 cm³/mol. The van der Waals surface area contributed by atoms with Crippen molar-refractivity contribution in [1.29, 1.82) is 0 Å². The molecule has 8 nitrogen and oxygen atoms in total. The highest BCUT2D eigenvalue weighted by Crippen LogP contribution is 2.21. The fourth-order valence-corrected chi connectivity index (χ4v) is 4.57. The molecule has 1 aliphatic heterocycles. The Labute approximate surface area is 175 Å². The minimum atomic E-state index is -3.54. The number of esters is 1. The summed E-state index contributed by atoms with van der Waals surface area (Å²) >= 11 is 0. The number of sulfonamides is 1. The van der Waals surface area contributed by atoms with Crippen molar-refractivity contribution in [2.45, 2.75) is 24.3 Å². The molecule has 1 N–H and O–H groups in total. The highest BCUT2D eigenvalue weighted by molar-refractivity contribution is 7.89. The Bertz CT molecular complexity index is 981. The van der Waals surface area contributed by atoms with Crippen LogP contribution >= 0.6 is 0 Å². The van der Waals surface area contributed by atoms with Crippen molar-refractivity contribution in [1.82, 2.24) is 9.62 Å². The van der Waals surface area contributed by atoms with Gasteiger partial charge in [-0.05, 0) is 54.8 Å². The van der Waals surface area contributed by atoms with Crippen molar-refractivity contribution in [3.63, 3.8) is 0 Å². The summed E-state index contributed by atoms with van der Waals surface area (Å²) in [5.41, 5.74) is 1.06. The van der Waals surface area contributed by atoms with Gasteiger partial charge in [-0.3, -0.25) is 4.79 Å². The van der Waals surface area contributed by atoms with Gasteiger partial charge in [-0.25, -0.2) is 13.2 Å². The van der Waals surface area contributed by atoms with E-state index >= 15 is 0 Å². The van der Waals surface area contributed by atoms with Crippen molar-refractivity contribution in [2.24, 2.45) is 0 Å². The van der Waals surface area contributed by atoms with E-state index in [0.29, 0.717) is 19.6 Å². The van der Waals surface area contributed by atoms with Crippen LogP contribution in [0.1, 0.15) is 28.8 Å². The molecule has 3 rings (SSSR count). The fraction of sp³-hybridized carbons (Fsp3) is 0.333. The monoisotopic (exact) mass is 432 g/mol. The molecular weight excluding hydrogens is 408 g/mol. The lowest BCUT2D eigenvalue weighted by molar-refractivity contribution is -0.124. The summed E-state index contributed by atoms with van der Waals surface area (Å²) in [7, 11) is -1.96. The standard InChI is InChI=1S/C21H24N2O6S/c1-28-18-8-4-16(5-9-18)14-22-20(24)15-29-21(25)17-6-10-19(11-7-17)30(26,27)23-12-2-3-13-23/h4-11H,2-3,12-15H2,1H3,(H,22,24). The van der Waals surface area contributed by atoms with Crippen LogP contribution in [-0.4, -0.2) is 51.4 Å². The van der Waals surface area contributed by atoms with Gasteiger partial charge in [-0.15, -0.1) is 0 Å². The molecule has 0 unspecified atom stereocenters. The highest BCUT2D eigenvalue weighted by atomic mass is 32.2. The van der Waals surface area contributed by atoms with Gasteiger partial charge in [0.1, 0.15) is 5.75 Å². The molecule has 0 saturated carbocycles. The lowest BCUT2D eigenvalue weighted by Crippen LogP contribution is -2.28. The first kappa shape index (κ1) is 21.8. The molecule has 1 fully saturated rings. The molecule has 0 aliphatic carbocycles. The first-order valence-corrected chi connectivity index (χ1v) is 11.0. The van der Waals surface area contributed by atoms with Gasteiger partial charge in [0.15, 0.2) is 6.61 Å². The summed E-state index contributed by atoms with van der Waals surface area (Å²) in [5.74, 6) is -0.412. The van der Waals surface area contributed by atoms with Crippen LogP contribution in [0.15, 0.2) is 53.4 Å². The van der Waals surface area contributed by atoms with E-state index in [0.717, 1.165) is 24.2 Å². The molecule has 0 aromatic heterocycles. The van der Waals surface area contributed by atoms with Gasteiger partial charge in [0, 0.05) is 19.6 Å². The average molecular weight is 432 g/mol. The van der Waals surface area contributed by atoms with Crippen LogP contribution in [-0.2, 0) is 26.1 Å². The Hall–Kier alpha value is -2.91. The molecule has 1 heterocycles. The third kappa shape index (κ3) is 5.37. The number of benzene rings is 2. The minimum absolute atomic E-state index is 0.137. The summed E-state index contributed by atoms with van der Waals surface area (Å²) < 4.78 is 36.5. The quantitative estimate of drug-likeness (QED) is 0.640. The zero-order valence-electron chi connectivity index (χ0n) is 16.7. The fourth-order valence-electron chi connectivity index (χ4n) is 3.05. The number of carbonyl (C=O) groups is 2. The smallest absolute Gasteiger partial charge is 0.338 e. The molecule has 9 heteroatoms. The summed E-state index contributed by atoms with van der Waals surface area (Å²) in [6.45, 7) is 0.891. The van der Waals surface area contributed by atoms with E-state index in [1.54, 1.807) is 19.2 Å². The minimum Gasteiger partial charge on any atom is -0.497 e. The molecule has 160 valence electrons. The topological polar surface area (TPSA) is 102 Å². The summed E-state index contributed by atoms with van der Waals surface area (Å²) in [5, 5.41) is 2.66. The summed E-state index contributed by atoms with van der Waals surface area (Å²) in [6.07, 6.45) is 1.70. The second-order valence-electron chi connectivity index (χ2n) is 6.84. The number of carbonyl (C=O) groups excluding carboxylic acids is 2. The van der Waals surface area contributed by atoms with Gasteiger partial charge in [-0.1, -0.05) is 12.1 Å². The third-order valence-electron chi connectivity index (χ3n) is 4.78. The predicted octanol–water partition coefficient (Wildman–Crippen LogP) is 1.95. The first-order valence-electron chi connectivity index (χ1n) is 9.57. The van der Waals surface area contributed by atoms with Crippen molar-refractivity contribution < 1.29 is 27.5 Å². The Morgan fingerprint density at radius 3 is 2.23 bits per heavy atom. The van der Waals surface area contributed by atoms with E-state index in [2.05, 4.69) is 5.32 Å². The number of methoxy groups -OCH3 is 1. The number of nitrogens with one attached hydrogen (secondary N) is 1. The van der Waals surface area contributed by atoms with Gasteiger partial charge >= 0.3 is 5.97 Å². The molecule has 2 aromatic carbocycles. The van der Waals surface area contributed by atoms with Gasteiger partial charge < -0.3 is 14.8 Å². The van der Waals surface area contributed by atoms with Gasteiger partial charge in [0.05, 0.1) is 17.6 Å². The first-order chi connectivity index (χ1) is 14.4. The van der Waals surface area contributed by atoms with E-state index in [9.17, 15) is 18.0 Å². The molecule has 0 spiro atoms. The number of hydrogen-bond acceptors (Lipinski definition) is 6. The molecule has 1 saturated heterocycles. The van der Waals surface area contributed by atoms with E-state index in [-0.39, 0.29) is 10.5 Å². The van der Waals surface area contributed by atoms with Crippen molar-refractivity contribution in [2.75, 3.05) is 26.8 Å². The Kier molecular flexibility index (Phi) is 7.07. The van der Waals surface area contributed by atoms with E-state index in [1.807, 2.05) is 12.1 Å². The highest BCUT2D eigenvalue weighted by Gasteiger charge is 2.27. The van der Waals surface area contributed by atoms with Crippen LogP contribution in [0.25, 0.3) is 0 Å². The van der Waals surface area contributed by atoms with Crippen LogP contribution < -0.4 is 10.1 Å². The summed E-state index contributed by atoms with van der Waals surface area (Å²) in [4.78, 5) is 24.2. The normalized spacial score (nSPS) is 14.3. The maximum atomic E-state index is 12.5. The molecule has 2 aromatic rings. The largest absolute Gasteiger partial charge is 0.497 e. The number of nitrogens with zero attached hydrogens (tertiary/aromatic N) is 1. The second kappa shape index (κ2) is 9.73. The SMILES string of the molecule is COc1ccc(CNC(=O)COC(=O)c2ccc(S(=O)(=O)N3CCCC3)cc2)cc1. The zero-order valence-corrected chi connectivity index (χ0v) is 17.5. The molecular formula is C21H24N2O6S. The van der Waals surface area contributed by atoms with Crippen molar-refractivity contribution in [3.8, 4) is 5.75 Å². The average Bonchev–Trinajstić information content (AvgIpc) is 3.32. The van der Waals surface area contributed by atoms with Crippen LogP contribution in [0.5, 0.6) is 5.75 Å². The number of rotatable bonds is 8. The Balaban J connectivity index is 1.48. The molecule has 0 bridgehead atoms. The lowest BCUT2D eigenvalue weighted by Gasteiger charge is -2.15. The van der Waals surface area contributed by atoms with E-state index in [1.165, 1.54) is 28.6 Å². The molecule has 0 radical (unpaired) electrons. The Morgan fingerprint density at radius 1 is 1.00 bits per heavy atom.